The van der Waals surface area contributed by atoms with Crippen LogP contribution in [-0.4, -0.2) is 36.5 Å². The smallest absolute Gasteiger partial charge is 0.306 e. The van der Waals surface area contributed by atoms with Crippen molar-refractivity contribution in [2.45, 2.75) is 50.5 Å². The lowest BCUT2D eigenvalue weighted by molar-refractivity contribution is -0.138. The van der Waals surface area contributed by atoms with Crippen LogP contribution in [0.1, 0.15) is 50.0 Å². The maximum absolute atomic E-state index is 12.6. The van der Waals surface area contributed by atoms with Gasteiger partial charge in [0.2, 0.25) is 5.91 Å². The number of hydrogen-bond acceptors (Lipinski definition) is 3. The summed E-state index contributed by atoms with van der Waals surface area (Å²) in [6, 6.07) is 10.8. The fourth-order valence-corrected chi connectivity index (χ4v) is 3.94. The summed E-state index contributed by atoms with van der Waals surface area (Å²) in [6.45, 7) is 0.394. The molecule has 0 unspecified atom stereocenters. The number of rotatable bonds is 4. The number of amides is 1. The normalized spacial score (nSPS) is 27.5. The minimum atomic E-state index is -0.176. The second kappa shape index (κ2) is 7.16. The number of esters is 1. The van der Waals surface area contributed by atoms with Crippen LogP contribution in [0, 0.1) is 5.92 Å². The second-order valence-electron chi connectivity index (χ2n) is 6.83. The molecule has 1 aliphatic heterocycles. The molecular weight excluding hydrogens is 290 g/mol. The molecule has 23 heavy (non-hydrogen) atoms. The SMILES string of the molecule is CN(C(=O)C[C@@H]1COC(=O)C1)[C@@H]1CCCC[C@H]1c1ccccc1. The Bertz CT molecular complexity index is 557. The summed E-state index contributed by atoms with van der Waals surface area (Å²) in [5.74, 6) is 0.433. The van der Waals surface area contributed by atoms with Gasteiger partial charge in [-0.15, -0.1) is 0 Å². The Morgan fingerprint density at radius 1 is 1.22 bits per heavy atom. The van der Waals surface area contributed by atoms with E-state index in [2.05, 4.69) is 24.3 Å². The van der Waals surface area contributed by atoms with Gasteiger partial charge in [0.25, 0.3) is 0 Å². The molecule has 1 aromatic carbocycles. The molecule has 4 nitrogen and oxygen atoms in total. The highest BCUT2D eigenvalue weighted by molar-refractivity contribution is 5.78. The van der Waals surface area contributed by atoms with Crippen molar-refractivity contribution in [2.75, 3.05) is 13.7 Å². The van der Waals surface area contributed by atoms with E-state index in [-0.39, 0.29) is 23.8 Å². The summed E-state index contributed by atoms with van der Waals surface area (Å²) >= 11 is 0. The van der Waals surface area contributed by atoms with Gasteiger partial charge in [0, 0.05) is 31.3 Å². The van der Waals surface area contributed by atoms with Gasteiger partial charge in [0.1, 0.15) is 0 Å². The molecule has 1 amide bonds. The quantitative estimate of drug-likeness (QED) is 0.802. The lowest BCUT2D eigenvalue weighted by Gasteiger charge is -2.38. The van der Waals surface area contributed by atoms with Crippen molar-refractivity contribution >= 4 is 11.9 Å². The standard InChI is InChI=1S/C19H25NO3/c1-20(18(21)11-14-12-19(22)23-13-14)17-10-6-5-9-16(17)15-7-3-2-4-8-15/h2-4,7-8,14,16-17H,5-6,9-13H2,1H3/t14-,16-,17+/m0/s1. The number of carbonyl (C=O) groups excluding carboxylic acids is 2. The third kappa shape index (κ3) is 3.74. The minimum absolute atomic E-state index is 0.0521. The fraction of sp³-hybridized carbons (Fsp3) is 0.579. The van der Waals surface area contributed by atoms with Crippen molar-refractivity contribution in [3.8, 4) is 0 Å². The first-order valence-corrected chi connectivity index (χ1v) is 8.61. The first-order chi connectivity index (χ1) is 11.1. The van der Waals surface area contributed by atoms with Crippen LogP contribution in [-0.2, 0) is 14.3 Å². The molecule has 1 aromatic rings. The van der Waals surface area contributed by atoms with Crippen LogP contribution < -0.4 is 0 Å². The largest absolute Gasteiger partial charge is 0.465 e. The van der Waals surface area contributed by atoms with E-state index in [0.717, 1.165) is 12.8 Å². The zero-order valence-corrected chi connectivity index (χ0v) is 13.7. The van der Waals surface area contributed by atoms with E-state index in [0.29, 0.717) is 25.4 Å². The number of carbonyl (C=O) groups is 2. The van der Waals surface area contributed by atoms with Crippen LogP contribution in [0.4, 0.5) is 0 Å². The Kier molecular flexibility index (Phi) is 4.99. The Labute approximate surface area is 137 Å². The number of hydrogen-bond donors (Lipinski definition) is 0. The average Bonchev–Trinajstić information content (AvgIpc) is 3.00. The fourth-order valence-electron chi connectivity index (χ4n) is 3.94. The van der Waals surface area contributed by atoms with Crippen molar-refractivity contribution in [3.05, 3.63) is 35.9 Å². The Balaban J connectivity index is 1.67. The summed E-state index contributed by atoms with van der Waals surface area (Å²) < 4.78 is 4.97. The van der Waals surface area contributed by atoms with Crippen LogP contribution in [0.3, 0.4) is 0 Å². The molecule has 0 spiro atoms. The van der Waals surface area contributed by atoms with E-state index in [1.165, 1.54) is 18.4 Å². The molecule has 0 bridgehead atoms. The van der Waals surface area contributed by atoms with Gasteiger partial charge in [-0.3, -0.25) is 9.59 Å². The number of benzene rings is 1. The molecule has 0 radical (unpaired) electrons. The Morgan fingerprint density at radius 3 is 2.65 bits per heavy atom. The van der Waals surface area contributed by atoms with Crippen molar-refractivity contribution < 1.29 is 14.3 Å². The molecular formula is C19H25NO3. The molecule has 0 N–H and O–H groups in total. The van der Waals surface area contributed by atoms with Gasteiger partial charge in [-0.2, -0.15) is 0 Å². The van der Waals surface area contributed by atoms with Crippen LogP contribution >= 0.6 is 0 Å². The van der Waals surface area contributed by atoms with E-state index >= 15 is 0 Å². The third-order valence-electron chi connectivity index (χ3n) is 5.25. The Morgan fingerprint density at radius 2 is 1.96 bits per heavy atom. The van der Waals surface area contributed by atoms with Gasteiger partial charge in [0.15, 0.2) is 0 Å². The number of cyclic esters (lactones) is 1. The van der Waals surface area contributed by atoms with Gasteiger partial charge < -0.3 is 9.64 Å². The number of ether oxygens (including phenoxy) is 1. The predicted octanol–water partition coefficient (Wildman–Crippen LogP) is 3.12. The van der Waals surface area contributed by atoms with E-state index in [1.807, 2.05) is 18.0 Å². The van der Waals surface area contributed by atoms with Crippen molar-refractivity contribution in [2.24, 2.45) is 5.92 Å². The highest BCUT2D eigenvalue weighted by Crippen LogP contribution is 2.36. The molecule has 1 saturated heterocycles. The summed E-state index contributed by atoms with van der Waals surface area (Å²) in [4.78, 5) is 25.8. The Hall–Kier alpha value is -1.84. The van der Waals surface area contributed by atoms with Crippen LogP contribution in [0.5, 0.6) is 0 Å². The third-order valence-corrected chi connectivity index (χ3v) is 5.25. The van der Waals surface area contributed by atoms with E-state index in [4.69, 9.17) is 4.74 Å². The van der Waals surface area contributed by atoms with E-state index in [1.54, 1.807) is 0 Å². The zero-order chi connectivity index (χ0) is 16.2. The molecule has 0 aromatic heterocycles. The summed E-state index contributed by atoms with van der Waals surface area (Å²) in [6.07, 6.45) is 5.39. The molecule has 1 heterocycles. The monoisotopic (exact) mass is 315 g/mol. The maximum atomic E-state index is 12.6. The molecule has 3 rings (SSSR count). The molecule has 124 valence electrons. The first kappa shape index (κ1) is 16.0. The second-order valence-corrected chi connectivity index (χ2v) is 6.83. The molecule has 2 fully saturated rings. The highest BCUT2D eigenvalue weighted by Gasteiger charge is 2.34. The van der Waals surface area contributed by atoms with Gasteiger partial charge in [0.05, 0.1) is 13.0 Å². The molecule has 3 atom stereocenters. The van der Waals surface area contributed by atoms with Gasteiger partial charge in [-0.25, -0.2) is 0 Å². The van der Waals surface area contributed by atoms with Crippen molar-refractivity contribution in [3.63, 3.8) is 0 Å². The lowest BCUT2D eigenvalue weighted by Crippen LogP contribution is -2.43. The van der Waals surface area contributed by atoms with E-state index in [9.17, 15) is 9.59 Å². The average molecular weight is 315 g/mol. The van der Waals surface area contributed by atoms with Gasteiger partial charge in [-0.1, -0.05) is 43.2 Å². The highest BCUT2D eigenvalue weighted by atomic mass is 16.5. The van der Waals surface area contributed by atoms with Gasteiger partial charge in [-0.05, 0) is 18.4 Å². The number of likely N-dealkylation sites (N-methyl/N-ethyl adjacent to an activating group) is 1. The van der Waals surface area contributed by atoms with Crippen LogP contribution in [0.15, 0.2) is 30.3 Å². The summed E-state index contributed by atoms with van der Waals surface area (Å²) in [7, 11) is 1.92. The molecule has 1 aliphatic carbocycles. The lowest BCUT2D eigenvalue weighted by atomic mass is 9.79. The predicted molar refractivity (Wildman–Crippen MR) is 87.9 cm³/mol. The minimum Gasteiger partial charge on any atom is -0.465 e. The summed E-state index contributed by atoms with van der Waals surface area (Å²) in [5, 5.41) is 0. The summed E-state index contributed by atoms with van der Waals surface area (Å²) in [5.41, 5.74) is 1.33. The molecule has 1 saturated carbocycles. The zero-order valence-electron chi connectivity index (χ0n) is 13.7. The molecule has 2 aliphatic rings. The topological polar surface area (TPSA) is 46.6 Å². The number of nitrogens with zero attached hydrogens (tertiary/aromatic N) is 1. The first-order valence-electron chi connectivity index (χ1n) is 8.61. The van der Waals surface area contributed by atoms with Crippen molar-refractivity contribution in [1.29, 1.82) is 0 Å². The van der Waals surface area contributed by atoms with Crippen LogP contribution in [0.25, 0.3) is 0 Å². The molecule has 4 heteroatoms. The van der Waals surface area contributed by atoms with Crippen molar-refractivity contribution in [1.82, 2.24) is 4.90 Å². The maximum Gasteiger partial charge on any atom is 0.306 e. The van der Waals surface area contributed by atoms with Gasteiger partial charge >= 0.3 is 5.97 Å². The van der Waals surface area contributed by atoms with Crippen LogP contribution in [0.2, 0.25) is 0 Å². The van der Waals surface area contributed by atoms with E-state index < -0.39 is 0 Å².